The normalized spacial score (nSPS) is 20.7. The topological polar surface area (TPSA) is 41.6 Å². The molecule has 4 rings (SSSR count). The van der Waals surface area contributed by atoms with Crippen LogP contribution < -0.4 is 5.73 Å². The SMILES string of the molecule is CCc1cc(C)cc2c1C1=C(N)CC(CCN(C)/C=C(\C)C3=CC=C(C)C3)CC1=NC2. The zero-order valence-electron chi connectivity index (χ0n) is 19.9. The van der Waals surface area contributed by atoms with Crippen LogP contribution in [0.2, 0.25) is 0 Å². The van der Waals surface area contributed by atoms with Crippen molar-refractivity contribution in [1.82, 2.24) is 4.90 Å². The highest BCUT2D eigenvalue weighted by Gasteiger charge is 2.30. The molecule has 1 atom stereocenters. The molecule has 0 amide bonds. The Labute approximate surface area is 188 Å². The fourth-order valence-electron chi connectivity index (χ4n) is 5.34. The third kappa shape index (κ3) is 4.56. The zero-order chi connectivity index (χ0) is 22.1. The van der Waals surface area contributed by atoms with E-state index in [1.807, 2.05) is 0 Å². The second-order valence-electron chi connectivity index (χ2n) is 9.71. The van der Waals surface area contributed by atoms with Gasteiger partial charge < -0.3 is 10.6 Å². The van der Waals surface area contributed by atoms with Gasteiger partial charge in [-0.1, -0.05) is 42.3 Å². The van der Waals surface area contributed by atoms with Gasteiger partial charge in [-0.05, 0) is 86.6 Å². The van der Waals surface area contributed by atoms with Crippen molar-refractivity contribution in [2.75, 3.05) is 13.6 Å². The number of hydrogen-bond acceptors (Lipinski definition) is 3. The Morgan fingerprint density at radius 1 is 1.23 bits per heavy atom. The minimum atomic E-state index is 0.574. The number of nitrogens with zero attached hydrogens (tertiary/aromatic N) is 2. The first-order valence-electron chi connectivity index (χ1n) is 11.8. The molecule has 3 aliphatic rings. The van der Waals surface area contributed by atoms with Crippen LogP contribution in [0.4, 0.5) is 0 Å². The van der Waals surface area contributed by atoms with E-state index in [-0.39, 0.29) is 0 Å². The second kappa shape index (κ2) is 8.90. The van der Waals surface area contributed by atoms with Crippen LogP contribution in [0, 0.1) is 12.8 Å². The van der Waals surface area contributed by atoms with Gasteiger partial charge in [0.1, 0.15) is 0 Å². The molecule has 31 heavy (non-hydrogen) atoms. The van der Waals surface area contributed by atoms with Gasteiger partial charge in [0.25, 0.3) is 0 Å². The Hall–Kier alpha value is -2.55. The van der Waals surface area contributed by atoms with Crippen molar-refractivity contribution < 1.29 is 0 Å². The Morgan fingerprint density at radius 3 is 2.74 bits per heavy atom. The summed E-state index contributed by atoms with van der Waals surface area (Å²) in [4.78, 5) is 7.33. The number of aryl methyl sites for hydroxylation is 2. The average Bonchev–Trinajstić information content (AvgIpc) is 3.17. The largest absolute Gasteiger partial charge is 0.401 e. The summed E-state index contributed by atoms with van der Waals surface area (Å²) < 4.78 is 0. The highest BCUT2D eigenvalue weighted by atomic mass is 15.1. The lowest BCUT2D eigenvalue weighted by Crippen LogP contribution is -2.28. The molecule has 1 heterocycles. The van der Waals surface area contributed by atoms with Crippen molar-refractivity contribution >= 4 is 11.3 Å². The highest BCUT2D eigenvalue weighted by Crippen LogP contribution is 2.39. The quantitative estimate of drug-likeness (QED) is 0.610. The molecule has 3 nitrogen and oxygen atoms in total. The minimum Gasteiger partial charge on any atom is -0.401 e. The monoisotopic (exact) mass is 415 g/mol. The molecule has 0 fully saturated rings. The van der Waals surface area contributed by atoms with Crippen LogP contribution in [0.25, 0.3) is 5.57 Å². The molecule has 2 aliphatic carbocycles. The summed E-state index contributed by atoms with van der Waals surface area (Å²) in [5, 5.41) is 0. The number of allylic oxidation sites excluding steroid dienone is 7. The van der Waals surface area contributed by atoms with E-state index in [2.05, 4.69) is 70.1 Å². The molecular formula is C28H37N3. The molecule has 2 N–H and O–H groups in total. The third-order valence-electron chi connectivity index (χ3n) is 6.97. The van der Waals surface area contributed by atoms with Gasteiger partial charge in [0.2, 0.25) is 0 Å². The van der Waals surface area contributed by atoms with Gasteiger partial charge in [-0.15, -0.1) is 0 Å². The molecule has 0 bridgehead atoms. The number of fused-ring (bicyclic) bond motifs is 3. The first-order valence-corrected chi connectivity index (χ1v) is 11.8. The summed E-state index contributed by atoms with van der Waals surface area (Å²) in [5.41, 5.74) is 20.0. The molecule has 0 spiro atoms. The van der Waals surface area contributed by atoms with Crippen LogP contribution in [0.1, 0.15) is 68.7 Å². The van der Waals surface area contributed by atoms with E-state index >= 15 is 0 Å². The first kappa shape index (κ1) is 21.7. The summed E-state index contributed by atoms with van der Waals surface area (Å²) in [6.07, 6.45) is 12.1. The van der Waals surface area contributed by atoms with Crippen molar-refractivity contribution in [3.63, 3.8) is 0 Å². The van der Waals surface area contributed by atoms with Gasteiger partial charge in [-0.2, -0.15) is 0 Å². The molecule has 1 aromatic rings. The molecule has 1 aliphatic heterocycles. The van der Waals surface area contributed by atoms with Crippen LogP contribution in [0.5, 0.6) is 0 Å². The number of nitrogens with two attached hydrogens (primary N) is 1. The summed E-state index contributed by atoms with van der Waals surface area (Å²) in [5.74, 6) is 0.574. The molecular weight excluding hydrogens is 378 g/mol. The number of hydrogen-bond donors (Lipinski definition) is 1. The predicted octanol–water partition coefficient (Wildman–Crippen LogP) is 6.09. The van der Waals surface area contributed by atoms with Gasteiger partial charge in [0, 0.05) is 36.8 Å². The lowest BCUT2D eigenvalue weighted by atomic mass is 9.77. The summed E-state index contributed by atoms with van der Waals surface area (Å²) in [6.45, 7) is 10.7. The van der Waals surface area contributed by atoms with E-state index in [0.29, 0.717) is 5.92 Å². The van der Waals surface area contributed by atoms with Gasteiger partial charge in [-0.25, -0.2) is 0 Å². The van der Waals surface area contributed by atoms with Crippen molar-refractivity contribution in [3.8, 4) is 0 Å². The van der Waals surface area contributed by atoms with E-state index in [1.165, 1.54) is 50.3 Å². The summed E-state index contributed by atoms with van der Waals surface area (Å²) in [7, 11) is 2.19. The third-order valence-corrected chi connectivity index (χ3v) is 6.97. The van der Waals surface area contributed by atoms with Crippen LogP contribution in [0.3, 0.4) is 0 Å². The smallest absolute Gasteiger partial charge is 0.0649 e. The van der Waals surface area contributed by atoms with E-state index < -0.39 is 0 Å². The molecule has 1 unspecified atom stereocenters. The molecule has 0 saturated carbocycles. The van der Waals surface area contributed by atoms with E-state index in [4.69, 9.17) is 10.7 Å². The second-order valence-corrected chi connectivity index (χ2v) is 9.71. The molecule has 0 radical (unpaired) electrons. The van der Waals surface area contributed by atoms with Crippen LogP contribution in [0.15, 0.2) is 57.9 Å². The van der Waals surface area contributed by atoms with Crippen molar-refractivity contribution in [2.24, 2.45) is 16.6 Å². The maximum Gasteiger partial charge on any atom is 0.0649 e. The molecule has 1 aromatic carbocycles. The Morgan fingerprint density at radius 2 is 2.03 bits per heavy atom. The Bertz CT molecular complexity index is 1030. The van der Waals surface area contributed by atoms with Gasteiger partial charge in [0.05, 0.1) is 6.54 Å². The van der Waals surface area contributed by atoms with Gasteiger partial charge >= 0.3 is 0 Å². The standard InChI is InChI=1S/C28H37N3/c1-6-22-12-19(3)13-24-16-30-26-15-21(14-25(29)28(26)27(22)24)9-10-31(5)17-20(4)23-8-7-18(2)11-23/h7-8,12-13,17,21H,6,9-11,14-16,29H2,1-5H3/b20-17+. The summed E-state index contributed by atoms with van der Waals surface area (Å²) in [6, 6.07) is 4.62. The number of benzene rings is 1. The zero-order valence-corrected chi connectivity index (χ0v) is 19.9. The maximum atomic E-state index is 6.70. The van der Waals surface area contributed by atoms with Gasteiger partial charge in [0.15, 0.2) is 0 Å². The van der Waals surface area contributed by atoms with Gasteiger partial charge in [-0.3, -0.25) is 4.99 Å². The van der Waals surface area contributed by atoms with Crippen molar-refractivity contribution in [3.05, 3.63) is 75.2 Å². The Kier molecular flexibility index (Phi) is 6.22. The predicted molar refractivity (Wildman–Crippen MR) is 133 cm³/mol. The van der Waals surface area contributed by atoms with E-state index in [0.717, 1.165) is 50.9 Å². The molecule has 0 aromatic heterocycles. The average molecular weight is 416 g/mol. The van der Waals surface area contributed by atoms with Crippen LogP contribution in [-0.4, -0.2) is 24.2 Å². The van der Waals surface area contributed by atoms with Crippen LogP contribution >= 0.6 is 0 Å². The lowest BCUT2D eigenvalue weighted by Gasteiger charge is -2.32. The molecule has 164 valence electrons. The lowest BCUT2D eigenvalue weighted by molar-refractivity contribution is 0.376. The van der Waals surface area contributed by atoms with Crippen LogP contribution in [-0.2, 0) is 13.0 Å². The summed E-state index contributed by atoms with van der Waals surface area (Å²) >= 11 is 0. The number of aliphatic imine (C=N–C) groups is 1. The Balaban J connectivity index is 1.44. The molecule has 3 heteroatoms. The first-order chi connectivity index (χ1) is 14.9. The van der Waals surface area contributed by atoms with Crippen molar-refractivity contribution in [1.29, 1.82) is 0 Å². The maximum absolute atomic E-state index is 6.70. The minimum absolute atomic E-state index is 0.574. The molecule has 0 saturated heterocycles. The highest BCUT2D eigenvalue weighted by molar-refractivity contribution is 6.26. The fourth-order valence-corrected chi connectivity index (χ4v) is 5.34. The van der Waals surface area contributed by atoms with E-state index in [9.17, 15) is 0 Å². The number of rotatable bonds is 6. The van der Waals surface area contributed by atoms with Crippen molar-refractivity contribution in [2.45, 2.75) is 66.3 Å². The van der Waals surface area contributed by atoms with E-state index in [1.54, 1.807) is 0 Å². The fraction of sp³-hybridized carbons (Fsp3) is 0.464.